The number of hydrogen-bond donors (Lipinski definition) is 0. The van der Waals surface area contributed by atoms with Crippen molar-refractivity contribution in [3.63, 3.8) is 0 Å². The summed E-state index contributed by atoms with van der Waals surface area (Å²) < 4.78 is 28.0. The maximum atomic E-state index is 12.8. The third-order valence-electron chi connectivity index (χ3n) is 3.38. The molecule has 2 aromatic carbocycles. The van der Waals surface area contributed by atoms with Crippen molar-refractivity contribution in [2.24, 2.45) is 0 Å². The van der Waals surface area contributed by atoms with Crippen molar-refractivity contribution in [1.29, 1.82) is 0 Å². The van der Waals surface area contributed by atoms with Crippen LogP contribution in [0.25, 0.3) is 6.08 Å². The molecule has 0 radical (unpaired) electrons. The first-order chi connectivity index (χ1) is 12.4. The maximum Gasteiger partial charge on any atom is 0.331 e. The van der Waals surface area contributed by atoms with Gasteiger partial charge in [-0.1, -0.05) is 11.6 Å². The Bertz CT molecular complexity index is 831. The quantitative estimate of drug-likeness (QED) is 0.415. The second-order valence-corrected chi connectivity index (χ2v) is 5.52. The minimum Gasteiger partial charge on any atom is -0.493 e. The number of ether oxygens (including phenoxy) is 3. The number of methoxy groups -OCH3 is 2. The van der Waals surface area contributed by atoms with Gasteiger partial charge in [0.25, 0.3) is 0 Å². The van der Waals surface area contributed by atoms with E-state index in [2.05, 4.69) is 0 Å². The average Bonchev–Trinajstić information content (AvgIpc) is 2.64. The molecule has 26 heavy (non-hydrogen) atoms. The van der Waals surface area contributed by atoms with E-state index in [4.69, 9.17) is 25.8 Å². The maximum absolute atomic E-state index is 12.8. The molecule has 0 amide bonds. The number of carbonyl (C=O) groups excluding carboxylic acids is 2. The molecule has 7 heteroatoms. The summed E-state index contributed by atoms with van der Waals surface area (Å²) in [5, 5.41) is 0.325. The number of rotatable bonds is 7. The smallest absolute Gasteiger partial charge is 0.331 e. The lowest BCUT2D eigenvalue weighted by Gasteiger charge is -2.10. The highest BCUT2D eigenvalue weighted by molar-refractivity contribution is 6.32. The molecule has 5 nitrogen and oxygen atoms in total. The van der Waals surface area contributed by atoms with E-state index in [-0.39, 0.29) is 5.56 Å². The summed E-state index contributed by atoms with van der Waals surface area (Å²) in [5.41, 5.74) is 0.851. The minimum atomic E-state index is -0.702. The van der Waals surface area contributed by atoms with E-state index >= 15 is 0 Å². The molecule has 0 aliphatic carbocycles. The van der Waals surface area contributed by atoms with E-state index in [1.54, 1.807) is 12.1 Å². The molecule has 0 spiro atoms. The Balaban J connectivity index is 1.98. The molecule has 0 heterocycles. The first kappa shape index (κ1) is 19.5. The highest BCUT2D eigenvalue weighted by Gasteiger charge is 2.11. The van der Waals surface area contributed by atoms with Crippen molar-refractivity contribution < 1.29 is 28.2 Å². The Kier molecular flexibility index (Phi) is 6.74. The Labute approximate surface area is 154 Å². The van der Waals surface area contributed by atoms with Crippen LogP contribution in [0.5, 0.6) is 11.5 Å². The van der Waals surface area contributed by atoms with Crippen LogP contribution in [-0.2, 0) is 9.53 Å². The summed E-state index contributed by atoms with van der Waals surface area (Å²) in [6, 6.07) is 8.21. The van der Waals surface area contributed by atoms with E-state index in [0.29, 0.717) is 22.1 Å². The molecule has 2 rings (SSSR count). The lowest BCUT2D eigenvalue weighted by atomic mass is 10.1. The lowest BCUT2D eigenvalue weighted by Crippen LogP contribution is -2.12. The van der Waals surface area contributed by atoms with E-state index in [9.17, 15) is 14.0 Å². The Morgan fingerprint density at radius 2 is 1.81 bits per heavy atom. The number of halogens is 2. The minimum absolute atomic E-state index is 0.259. The molecule has 0 atom stereocenters. The monoisotopic (exact) mass is 378 g/mol. The number of Topliss-reactive ketones (excluding diaryl/α,β-unsaturated/α-hetero) is 1. The predicted molar refractivity (Wildman–Crippen MR) is 95.3 cm³/mol. The highest BCUT2D eigenvalue weighted by atomic mass is 35.5. The van der Waals surface area contributed by atoms with Crippen LogP contribution in [0.1, 0.15) is 15.9 Å². The molecule has 136 valence electrons. The van der Waals surface area contributed by atoms with Gasteiger partial charge in [-0.25, -0.2) is 9.18 Å². The lowest BCUT2D eigenvalue weighted by molar-refractivity contribution is -0.136. The van der Waals surface area contributed by atoms with Gasteiger partial charge in [0.05, 0.1) is 19.2 Å². The van der Waals surface area contributed by atoms with Crippen LogP contribution >= 0.6 is 11.6 Å². The van der Waals surface area contributed by atoms with Crippen molar-refractivity contribution in [2.75, 3.05) is 20.8 Å². The third-order valence-corrected chi connectivity index (χ3v) is 3.66. The number of esters is 1. The van der Waals surface area contributed by atoms with E-state index in [1.165, 1.54) is 32.4 Å². The van der Waals surface area contributed by atoms with Crippen molar-refractivity contribution in [3.8, 4) is 11.5 Å². The molecule has 0 unspecified atom stereocenters. The van der Waals surface area contributed by atoms with Crippen molar-refractivity contribution >= 4 is 29.4 Å². The van der Waals surface area contributed by atoms with E-state index < -0.39 is 24.2 Å². The fourth-order valence-electron chi connectivity index (χ4n) is 2.10. The molecule has 0 aromatic heterocycles. The van der Waals surface area contributed by atoms with Gasteiger partial charge in [-0.3, -0.25) is 4.79 Å². The molecule has 0 aliphatic heterocycles. The van der Waals surface area contributed by atoms with Crippen LogP contribution < -0.4 is 9.47 Å². The SMILES string of the molecule is COc1cc(/C=C/C(=O)OCC(=O)c2ccc(F)cc2)cc(Cl)c1OC. The Hall–Kier alpha value is -2.86. The molecule has 0 saturated heterocycles. The van der Waals surface area contributed by atoms with Gasteiger partial charge < -0.3 is 14.2 Å². The predicted octanol–water partition coefficient (Wildman–Crippen LogP) is 3.94. The van der Waals surface area contributed by atoms with Crippen molar-refractivity contribution in [3.05, 3.63) is 64.4 Å². The van der Waals surface area contributed by atoms with Crippen molar-refractivity contribution in [2.45, 2.75) is 0 Å². The molecule has 0 N–H and O–H groups in total. The Morgan fingerprint density at radius 3 is 2.42 bits per heavy atom. The van der Waals surface area contributed by atoms with Gasteiger partial charge in [0, 0.05) is 11.6 Å². The molecule has 0 aliphatic rings. The zero-order chi connectivity index (χ0) is 19.1. The van der Waals surface area contributed by atoms with Crippen LogP contribution in [0.3, 0.4) is 0 Å². The van der Waals surface area contributed by atoms with Crippen LogP contribution in [0.15, 0.2) is 42.5 Å². The van der Waals surface area contributed by atoms with Gasteiger partial charge in [-0.05, 0) is 48.0 Å². The van der Waals surface area contributed by atoms with Gasteiger partial charge in [0.1, 0.15) is 5.82 Å². The van der Waals surface area contributed by atoms with E-state index in [1.807, 2.05) is 0 Å². The number of carbonyl (C=O) groups is 2. The van der Waals surface area contributed by atoms with Crippen LogP contribution in [0, 0.1) is 5.82 Å². The van der Waals surface area contributed by atoms with Gasteiger partial charge in [-0.2, -0.15) is 0 Å². The second-order valence-electron chi connectivity index (χ2n) is 5.11. The fraction of sp³-hybridized carbons (Fsp3) is 0.158. The van der Waals surface area contributed by atoms with Gasteiger partial charge in [-0.15, -0.1) is 0 Å². The summed E-state index contributed by atoms with van der Waals surface area (Å²) in [6.07, 6.45) is 2.63. The Morgan fingerprint density at radius 1 is 1.12 bits per heavy atom. The molecular weight excluding hydrogens is 363 g/mol. The first-order valence-electron chi connectivity index (χ1n) is 7.49. The molecule has 0 bridgehead atoms. The largest absolute Gasteiger partial charge is 0.493 e. The summed E-state index contributed by atoms with van der Waals surface area (Å²) >= 11 is 6.08. The average molecular weight is 379 g/mol. The summed E-state index contributed by atoms with van der Waals surface area (Å²) in [6.45, 7) is -0.443. The summed E-state index contributed by atoms with van der Waals surface area (Å²) in [4.78, 5) is 23.6. The van der Waals surface area contributed by atoms with Gasteiger partial charge in [0.2, 0.25) is 0 Å². The first-order valence-corrected chi connectivity index (χ1v) is 7.87. The third kappa shape index (κ3) is 5.07. The van der Waals surface area contributed by atoms with Gasteiger partial charge in [0.15, 0.2) is 23.9 Å². The zero-order valence-electron chi connectivity index (χ0n) is 14.1. The van der Waals surface area contributed by atoms with Gasteiger partial charge >= 0.3 is 5.97 Å². The molecular formula is C19H16ClFO5. The number of ketones is 1. The normalized spacial score (nSPS) is 10.6. The van der Waals surface area contributed by atoms with E-state index in [0.717, 1.165) is 18.2 Å². The molecule has 0 saturated carbocycles. The zero-order valence-corrected chi connectivity index (χ0v) is 14.9. The standard InChI is InChI=1S/C19H16ClFO5/c1-24-17-10-12(9-15(20)19(17)25-2)3-8-18(23)26-11-16(22)13-4-6-14(21)7-5-13/h3-10H,11H2,1-2H3/b8-3+. The van der Waals surface area contributed by atoms with Crippen molar-refractivity contribution in [1.82, 2.24) is 0 Å². The fourth-order valence-corrected chi connectivity index (χ4v) is 2.40. The van der Waals surface area contributed by atoms with Crippen LogP contribution in [0.4, 0.5) is 4.39 Å². The molecule has 2 aromatic rings. The summed E-state index contributed by atoms with van der Waals surface area (Å²) in [7, 11) is 2.94. The number of hydrogen-bond acceptors (Lipinski definition) is 5. The summed E-state index contributed by atoms with van der Waals surface area (Å²) in [5.74, 6) is -0.777. The molecule has 0 fully saturated rings. The second kappa shape index (κ2) is 9.01. The van der Waals surface area contributed by atoms with Crippen LogP contribution in [-0.4, -0.2) is 32.6 Å². The van der Waals surface area contributed by atoms with Crippen LogP contribution in [0.2, 0.25) is 5.02 Å². The number of benzene rings is 2. The topological polar surface area (TPSA) is 61.8 Å². The highest BCUT2D eigenvalue weighted by Crippen LogP contribution is 2.36.